The molecule has 140 valence electrons. The van der Waals surface area contributed by atoms with Crippen molar-refractivity contribution in [3.63, 3.8) is 0 Å². The Morgan fingerprint density at radius 2 is 1.56 bits per heavy atom. The van der Waals surface area contributed by atoms with Crippen LogP contribution in [0.15, 0.2) is 30.3 Å². The van der Waals surface area contributed by atoms with Crippen LogP contribution in [0.5, 0.6) is 0 Å². The molecule has 3 rings (SSSR count). The zero-order valence-corrected chi connectivity index (χ0v) is 16.6. The molecule has 1 atom stereocenters. The van der Waals surface area contributed by atoms with E-state index in [1.165, 1.54) is 17.7 Å². The molecule has 1 heterocycles. The number of hydrogen-bond donors (Lipinski definition) is 1. The highest BCUT2D eigenvalue weighted by molar-refractivity contribution is 6.43. The zero-order valence-electron chi connectivity index (χ0n) is 15.1. The molecule has 0 unspecified atom stereocenters. The molecule has 0 bridgehead atoms. The molecule has 3 amide bonds. The summed E-state index contributed by atoms with van der Waals surface area (Å²) in [5.74, 6) is -1.53. The van der Waals surface area contributed by atoms with Crippen molar-refractivity contribution < 1.29 is 14.4 Å². The molecule has 0 saturated carbocycles. The van der Waals surface area contributed by atoms with Gasteiger partial charge in [-0.15, -0.1) is 0 Å². The molecule has 1 N–H and O–H groups in total. The number of carbonyl (C=O) groups is 3. The Balaban J connectivity index is 1.72. The van der Waals surface area contributed by atoms with E-state index in [-0.39, 0.29) is 33.8 Å². The van der Waals surface area contributed by atoms with Gasteiger partial charge in [0.15, 0.2) is 0 Å². The van der Waals surface area contributed by atoms with Gasteiger partial charge >= 0.3 is 0 Å². The second kappa shape index (κ2) is 7.33. The summed E-state index contributed by atoms with van der Waals surface area (Å²) < 4.78 is 0. The third-order valence-electron chi connectivity index (χ3n) is 4.72. The fourth-order valence-electron chi connectivity index (χ4n) is 2.98. The summed E-state index contributed by atoms with van der Waals surface area (Å²) in [4.78, 5) is 38.2. The Kier molecular flexibility index (Phi) is 5.27. The Hall–Kier alpha value is -2.37. The van der Waals surface area contributed by atoms with Crippen molar-refractivity contribution in [1.82, 2.24) is 10.2 Å². The number of carbonyl (C=O) groups excluding carboxylic acids is 3. The van der Waals surface area contributed by atoms with E-state index in [0.29, 0.717) is 0 Å². The minimum atomic E-state index is -0.553. The topological polar surface area (TPSA) is 66.5 Å². The third kappa shape index (κ3) is 3.70. The first-order chi connectivity index (χ1) is 12.7. The summed E-state index contributed by atoms with van der Waals surface area (Å²) in [6.07, 6.45) is 0. The molecular weight excluding hydrogens is 387 g/mol. The highest BCUT2D eigenvalue weighted by Gasteiger charge is 2.37. The van der Waals surface area contributed by atoms with Gasteiger partial charge in [-0.25, -0.2) is 0 Å². The number of imide groups is 1. The molecule has 0 aliphatic carbocycles. The first-order valence-corrected chi connectivity index (χ1v) is 9.16. The molecule has 0 aromatic heterocycles. The summed E-state index contributed by atoms with van der Waals surface area (Å²) in [5.41, 5.74) is 3.56. The van der Waals surface area contributed by atoms with Crippen LogP contribution in [0.25, 0.3) is 0 Å². The summed E-state index contributed by atoms with van der Waals surface area (Å²) >= 11 is 11.9. The van der Waals surface area contributed by atoms with E-state index in [0.717, 1.165) is 16.0 Å². The Morgan fingerprint density at radius 3 is 2.07 bits per heavy atom. The summed E-state index contributed by atoms with van der Waals surface area (Å²) in [6.45, 7) is 5.51. The number of nitrogens with zero attached hydrogens (tertiary/aromatic N) is 1. The second-order valence-corrected chi connectivity index (χ2v) is 7.46. The summed E-state index contributed by atoms with van der Waals surface area (Å²) in [5, 5.41) is 3.20. The van der Waals surface area contributed by atoms with Crippen molar-refractivity contribution in [1.29, 1.82) is 0 Å². The number of benzene rings is 2. The largest absolute Gasteiger partial charge is 0.348 e. The minimum Gasteiger partial charge on any atom is -0.348 e. The molecule has 0 spiro atoms. The monoisotopic (exact) mass is 404 g/mol. The molecular formula is C20H18Cl2N2O3. The zero-order chi connectivity index (χ0) is 19.9. The van der Waals surface area contributed by atoms with Crippen LogP contribution in [0, 0.1) is 13.8 Å². The maximum Gasteiger partial charge on any atom is 0.262 e. The molecule has 2 aromatic rings. The number of amides is 3. The molecule has 1 aliphatic heterocycles. The maximum atomic E-state index is 12.5. The first-order valence-electron chi connectivity index (χ1n) is 8.40. The number of rotatable bonds is 4. The highest BCUT2D eigenvalue weighted by Crippen LogP contribution is 2.31. The van der Waals surface area contributed by atoms with E-state index in [9.17, 15) is 14.4 Å². The van der Waals surface area contributed by atoms with Gasteiger partial charge in [0, 0.05) is 0 Å². The van der Waals surface area contributed by atoms with E-state index < -0.39 is 17.7 Å². The van der Waals surface area contributed by atoms with Crippen molar-refractivity contribution >= 4 is 40.9 Å². The quantitative estimate of drug-likeness (QED) is 0.780. The standard InChI is InChI=1S/C20H18Cl2N2O3/c1-10-4-5-13(6-11(10)2)12(3)23-18(25)9-24-19(26)14-7-16(21)17(22)8-15(14)20(24)27/h4-8,12H,9H2,1-3H3,(H,23,25)/t12-/m1/s1. The lowest BCUT2D eigenvalue weighted by Crippen LogP contribution is -2.41. The smallest absolute Gasteiger partial charge is 0.262 e. The average molecular weight is 405 g/mol. The number of halogens is 2. The molecule has 0 radical (unpaired) electrons. The first kappa shape index (κ1) is 19.4. The van der Waals surface area contributed by atoms with E-state index in [1.807, 2.05) is 39.0 Å². The van der Waals surface area contributed by atoms with Crippen LogP contribution in [0.4, 0.5) is 0 Å². The predicted molar refractivity (Wildman–Crippen MR) is 104 cm³/mol. The van der Waals surface area contributed by atoms with Crippen molar-refractivity contribution in [2.75, 3.05) is 6.54 Å². The van der Waals surface area contributed by atoms with E-state index in [1.54, 1.807) is 0 Å². The number of hydrogen-bond acceptors (Lipinski definition) is 3. The summed E-state index contributed by atoms with van der Waals surface area (Å²) in [7, 11) is 0. The average Bonchev–Trinajstić information content (AvgIpc) is 2.82. The number of nitrogens with one attached hydrogen (secondary N) is 1. The van der Waals surface area contributed by atoms with Crippen LogP contribution < -0.4 is 5.32 Å². The van der Waals surface area contributed by atoms with Crippen LogP contribution in [0.2, 0.25) is 10.0 Å². The van der Waals surface area contributed by atoms with Gasteiger partial charge in [-0.05, 0) is 49.6 Å². The van der Waals surface area contributed by atoms with Gasteiger partial charge in [0.05, 0.1) is 27.2 Å². The molecule has 0 fully saturated rings. The molecule has 27 heavy (non-hydrogen) atoms. The van der Waals surface area contributed by atoms with Crippen molar-refractivity contribution in [2.45, 2.75) is 26.8 Å². The molecule has 2 aromatic carbocycles. The number of aryl methyl sites for hydroxylation is 2. The Morgan fingerprint density at radius 1 is 1.00 bits per heavy atom. The minimum absolute atomic E-state index is 0.157. The molecule has 0 saturated heterocycles. The van der Waals surface area contributed by atoms with Gasteiger partial charge in [-0.1, -0.05) is 41.4 Å². The fourth-order valence-corrected chi connectivity index (χ4v) is 3.30. The molecule has 7 heteroatoms. The van der Waals surface area contributed by atoms with Crippen molar-refractivity contribution in [2.24, 2.45) is 0 Å². The molecule has 5 nitrogen and oxygen atoms in total. The van der Waals surface area contributed by atoms with Gasteiger partial charge in [0.2, 0.25) is 5.91 Å². The van der Waals surface area contributed by atoms with Crippen LogP contribution in [-0.4, -0.2) is 29.2 Å². The van der Waals surface area contributed by atoms with Crippen LogP contribution in [0.3, 0.4) is 0 Å². The van der Waals surface area contributed by atoms with E-state index in [2.05, 4.69) is 5.32 Å². The van der Waals surface area contributed by atoms with Gasteiger partial charge < -0.3 is 5.32 Å². The van der Waals surface area contributed by atoms with Crippen LogP contribution in [-0.2, 0) is 4.79 Å². The van der Waals surface area contributed by atoms with Gasteiger partial charge in [-0.2, -0.15) is 0 Å². The van der Waals surface area contributed by atoms with Crippen molar-refractivity contribution in [3.8, 4) is 0 Å². The normalized spacial score (nSPS) is 14.3. The lowest BCUT2D eigenvalue weighted by molar-refractivity contribution is -0.122. The van der Waals surface area contributed by atoms with Crippen molar-refractivity contribution in [3.05, 3.63) is 68.2 Å². The lowest BCUT2D eigenvalue weighted by atomic mass is 10.0. The highest BCUT2D eigenvalue weighted by atomic mass is 35.5. The second-order valence-electron chi connectivity index (χ2n) is 6.64. The van der Waals surface area contributed by atoms with Crippen LogP contribution in [0.1, 0.15) is 50.4 Å². The van der Waals surface area contributed by atoms with Gasteiger partial charge in [0.25, 0.3) is 11.8 Å². The Labute approximate surface area is 167 Å². The molecule has 1 aliphatic rings. The lowest BCUT2D eigenvalue weighted by Gasteiger charge is -2.18. The summed E-state index contributed by atoms with van der Waals surface area (Å²) in [6, 6.07) is 8.40. The van der Waals surface area contributed by atoms with Gasteiger partial charge in [0.1, 0.15) is 6.54 Å². The van der Waals surface area contributed by atoms with E-state index in [4.69, 9.17) is 23.2 Å². The van der Waals surface area contributed by atoms with Crippen LogP contribution >= 0.6 is 23.2 Å². The third-order valence-corrected chi connectivity index (χ3v) is 5.44. The fraction of sp³-hybridized carbons (Fsp3) is 0.250. The number of fused-ring (bicyclic) bond motifs is 1. The van der Waals surface area contributed by atoms with Gasteiger partial charge in [-0.3, -0.25) is 19.3 Å². The Bertz CT molecular complexity index is 931. The van der Waals surface area contributed by atoms with E-state index >= 15 is 0 Å². The SMILES string of the molecule is Cc1ccc([C@@H](C)NC(=O)CN2C(=O)c3cc(Cl)c(Cl)cc3C2=O)cc1C. The maximum absolute atomic E-state index is 12.5. The predicted octanol–water partition coefficient (Wildman–Crippen LogP) is 4.08.